The highest BCUT2D eigenvalue weighted by atomic mass is 16.5. The van der Waals surface area contributed by atoms with Gasteiger partial charge in [-0.15, -0.1) is 0 Å². The van der Waals surface area contributed by atoms with Gasteiger partial charge in [0.2, 0.25) is 5.96 Å². The molecule has 0 aromatic heterocycles. The summed E-state index contributed by atoms with van der Waals surface area (Å²) in [5.41, 5.74) is 11.2. The number of hydrogen-bond donors (Lipinski definition) is 2. The van der Waals surface area contributed by atoms with E-state index in [9.17, 15) is 0 Å². The van der Waals surface area contributed by atoms with Crippen molar-refractivity contribution >= 4 is 11.7 Å². The van der Waals surface area contributed by atoms with Crippen LogP contribution in [0.4, 0.5) is 0 Å². The third-order valence-corrected chi connectivity index (χ3v) is 3.14. The SMILES string of the molecule is NC1=NCC(c2ccc(OCc3ccccc3)cc2)=NN1. The standard InChI is InChI=1S/C16H16N4O/c17-16-18-10-15(19-20-16)13-6-8-14(9-7-13)21-11-12-4-2-1-3-5-12/h1-9H,10-11H2,(H3,17,18,20). The minimum atomic E-state index is 0.349. The molecule has 0 aliphatic carbocycles. The van der Waals surface area contributed by atoms with E-state index in [0.717, 1.165) is 22.6 Å². The first-order valence-electron chi connectivity index (χ1n) is 6.71. The number of hydrogen-bond acceptors (Lipinski definition) is 5. The molecule has 1 aliphatic rings. The second-order valence-corrected chi connectivity index (χ2v) is 4.67. The molecule has 0 radical (unpaired) electrons. The molecule has 5 nitrogen and oxygen atoms in total. The van der Waals surface area contributed by atoms with Gasteiger partial charge in [0.15, 0.2) is 0 Å². The number of nitrogens with two attached hydrogens (primary N) is 1. The van der Waals surface area contributed by atoms with Crippen LogP contribution in [0.2, 0.25) is 0 Å². The zero-order valence-corrected chi connectivity index (χ0v) is 11.5. The molecular weight excluding hydrogens is 264 g/mol. The fraction of sp³-hybridized carbons (Fsp3) is 0.125. The Kier molecular flexibility index (Phi) is 3.82. The molecule has 3 N–H and O–H groups in total. The van der Waals surface area contributed by atoms with Gasteiger partial charge in [-0.3, -0.25) is 0 Å². The largest absolute Gasteiger partial charge is 0.489 e. The van der Waals surface area contributed by atoms with Gasteiger partial charge in [0.1, 0.15) is 12.4 Å². The zero-order valence-electron chi connectivity index (χ0n) is 11.5. The maximum Gasteiger partial charge on any atom is 0.209 e. The number of hydrazone groups is 1. The van der Waals surface area contributed by atoms with Crippen molar-refractivity contribution in [3.8, 4) is 5.75 Å². The van der Waals surface area contributed by atoms with Crippen LogP contribution in [0.3, 0.4) is 0 Å². The molecule has 106 valence electrons. The summed E-state index contributed by atoms with van der Waals surface area (Å²) in [6, 6.07) is 17.9. The molecule has 5 heteroatoms. The molecule has 0 fully saturated rings. The van der Waals surface area contributed by atoms with Crippen molar-refractivity contribution in [2.45, 2.75) is 6.61 Å². The smallest absolute Gasteiger partial charge is 0.209 e. The van der Waals surface area contributed by atoms with Crippen molar-refractivity contribution in [3.63, 3.8) is 0 Å². The van der Waals surface area contributed by atoms with Crippen LogP contribution >= 0.6 is 0 Å². The quantitative estimate of drug-likeness (QED) is 0.898. The summed E-state index contributed by atoms with van der Waals surface area (Å²) >= 11 is 0. The third-order valence-electron chi connectivity index (χ3n) is 3.14. The van der Waals surface area contributed by atoms with Crippen LogP contribution in [0.25, 0.3) is 0 Å². The molecule has 3 rings (SSSR count). The minimum absolute atomic E-state index is 0.349. The summed E-state index contributed by atoms with van der Waals surface area (Å²) in [7, 11) is 0. The first-order chi connectivity index (χ1) is 10.3. The monoisotopic (exact) mass is 280 g/mol. The molecule has 0 unspecified atom stereocenters. The number of nitrogens with zero attached hydrogens (tertiary/aromatic N) is 2. The molecule has 0 saturated heterocycles. The Morgan fingerprint density at radius 1 is 1.05 bits per heavy atom. The maximum atomic E-state index is 5.75. The number of ether oxygens (including phenoxy) is 1. The summed E-state index contributed by atoms with van der Waals surface area (Å²) < 4.78 is 5.75. The van der Waals surface area contributed by atoms with E-state index in [4.69, 9.17) is 10.5 Å². The van der Waals surface area contributed by atoms with Crippen molar-refractivity contribution < 1.29 is 4.74 Å². The summed E-state index contributed by atoms with van der Waals surface area (Å²) in [6.45, 7) is 1.05. The Bertz CT molecular complexity index is 662. The van der Waals surface area contributed by atoms with Crippen LogP contribution in [0.5, 0.6) is 5.75 Å². The van der Waals surface area contributed by atoms with E-state index in [2.05, 4.69) is 15.5 Å². The molecule has 1 aliphatic heterocycles. The minimum Gasteiger partial charge on any atom is -0.489 e. The van der Waals surface area contributed by atoms with Gasteiger partial charge in [-0.05, 0) is 35.4 Å². The summed E-state index contributed by atoms with van der Waals surface area (Å²) in [5, 5.41) is 4.17. The van der Waals surface area contributed by atoms with Gasteiger partial charge in [0, 0.05) is 0 Å². The van der Waals surface area contributed by atoms with E-state index >= 15 is 0 Å². The van der Waals surface area contributed by atoms with Crippen LogP contribution in [-0.4, -0.2) is 18.2 Å². The second-order valence-electron chi connectivity index (χ2n) is 4.67. The topological polar surface area (TPSA) is 72.0 Å². The predicted molar refractivity (Wildman–Crippen MR) is 83.4 cm³/mol. The lowest BCUT2D eigenvalue weighted by atomic mass is 10.1. The number of rotatable bonds is 4. The Labute approximate surface area is 123 Å². The average molecular weight is 280 g/mol. The Balaban J connectivity index is 1.62. The van der Waals surface area contributed by atoms with Gasteiger partial charge < -0.3 is 10.5 Å². The van der Waals surface area contributed by atoms with E-state index in [0.29, 0.717) is 19.1 Å². The van der Waals surface area contributed by atoms with Crippen LogP contribution in [0, 0.1) is 0 Å². The van der Waals surface area contributed by atoms with Crippen molar-refractivity contribution in [3.05, 3.63) is 65.7 Å². The highest BCUT2D eigenvalue weighted by Crippen LogP contribution is 2.15. The van der Waals surface area contributed by atoms with E-state index in [-0.39, 0.29) is 0 Å². The lowest BCUT2D eigenvalue weighted by Gasteiger charge is -2.11. The van der Waals surface area contributed by atoms with Gasteiger partial charge in [-0.2, -0.15) is 5.10 Å². The lowest BCUT2D eigenvalue weighted by Crippen LogP contribution is -2.33. The van der Waals surface area contributed by atoms with Gasteiger partial charge in [0.25, 0.3) is 0 Å². The normalized spacial score (nSPS) is 13.9. The summed E-state index contributed by atoms with van der Waals surface area (Å²) in [6.07, 6.45) is 0. The number of nitrogens with one attached hydrogen (secondary N) is 1. The van der Waals surface area contributed by atoms with E-state index in [1.54, 1.807) is 0 Å². The van der Waals surface area contributed by atoms with Gasteiger partial charge in [-0.1, -0.05) is 30.3 Å². The van der Waals surface area contributed by atoms with Crippen molar-refractivity contribution in [1.29, 1.82) is 0 Å². The number of benzene rings is 2. The third kappa shape index (κ3) is 3.39. The zero-order chi connectivity index (χ0) is 14.5. The van der Waals surface area contributed by atoms with E-state index in [1.165, 1.54) is 0 Å². The fourth-order valence-electron chi connectivity index (χ4n) is 2.00. The Morgan fingerprint density at radius 2 is 1.81 bits per heavy atom. The summed E-state index contributed by atoms with van der Waals surface area (Å²) in [5.74, 6) is 1.18. The number of aliphatic imine (C=N–C) groups is 1. The van der Waals surface area contributed by atoms with Gasteiger partial charge >= 0.3 is 0 Å². The van der Waals surface area contributed by atoms with Crippen LogP contribution in [-0.2, 0) is 6.61 Å². The first-order valence-corrected chi connectivity index (χ1v) is 6.71. The van der Waals surface area contributed by atoms with Crippen LogP contribution < -0.4 is 15.9 Å². The van der Waals surface area contributed by atoms with E-state index < -0.39 is 0 Å². The molecule has 0 bridgehead atoms. The fourth-order valence-corrected chi connectivity index (χ4v) is 2.00. The Morgan fingerprint density at radius 3 is 2.48 bits per heavy atom. The highest BCUT2D eigenvalue weighted by Gasteiger charge is 2.08. The predicted octanol–water partition coefficient (Wildman–Crippen LogP) is 1.89. The Hall–Kier alpha value is -2.82. The van der Waals surface area contributed by atoms with Gasteiger partial charge in [0.05, 0.1) is 12.3 Å². The molecule has 0 amide bonds. The van der Waals surface area contributed by atoms with Gasteiger partial charge in [-0.25, -0.2) is 10.4 Å². The first kappa shape index (κ1) is 13.2. The maximum absolute atomic E-state index is 5.75. The molecule has 21 heavy (non-hydrogen) atoms. The molecule has 0 atom stereocenters. The van der Waals surface area contributed by atoms with Crippen LogP contribution in [0.15, 0.2) is 64.7 Å². The summed E-state index contributed by atoms with van der Waals surface area (Å²) in [4.78, 5) is 4.11. The van der Waals surface area contributed by atoms with Crippen molar-refractivity contribution in [2.24, 2.45) is 15.8 Å². The second kappa shape index (κ2) is 6.09. The molecule has 2 aromatic rings. The van der Waals surface area contributed by atoms with Crippen molar-refractivity contribution in [1.82, 2.24) is 5.43 Å². The number of guanidine groups is 1. The molecular formula is C16H16N4O. The molecule has 0 spiro atoms. The van der Waals surface area contributed by atoms with Crippen molar-refractivity contribution in [2.75, 3.05) is 6.54 Å². The molecule has 1 heterocycles. The highest BCUT2D eigenvalue weighted by molar-refractivity contribution is 6.04. The lowest BCUT2D eigenvalue weighted by molar-refractivity contribution is 0.306. The molecule has 0 saturated carbocycles. The molecule has 2 aromatic carbocycles. The average Bonchev–Trinajstić information content (AvgIpc) is 2.55. The van der Waals surface area contributed by atoms with E-state index in [1.807, 2.05) is 54.6 Å². The van der Waals surface area contributed by atoms with Crippen LogP contribution in [0.1, 0.15) is 11.1 Å².